The van der Waals surface area contributed by atoms with E-state index in [-0.39, 0.29) is 25.7 Å². The summed E-state index contributed by atoms with van der Waals surface area (Å²) < 4.78 is 68.4. The highest BCUT2D eigenvalue weighted by Gasteiger charge is 2.30. The van der Waals surface area contributed by atoms with Crippen LogP contribution < -0.4 is 0 Å². The third-order valence-corrected chi connectivity index (χ3v) is 18.0. The molecule has 17 nitrogen and oxygen atoms in total. The van der Waals surface area contributed by atoms with Crippen molar-refractivity contribution in [2.45, 2.75) is 354 Å². The Bertz CT molecular complexity index is 2110. The van der Waals surface area contributed by atoms with E-state index >= 15 is 0 Å². The van der Waals surface area contributed by atoms with Crippen LogP contribution in [0.15, 0.2) is 72.9 Å². The molecule has 96 heavy (non-hydrogen) atoms. The minimum Gasteiger partial charge on any atom is -0.462 e. The van der Waals surface area contributed by atoms with E-state index in [9.17, 15) is 43.2 Å². The molecule has 0 saturated heterocycles. The number of esters is 4. The Morgan fingerprint density at radius 2 is 0.521 bits per heavy atom. The van der Waals surface area contributed by atoms with Gasteiger partial charge in [0.15, 0.2) is 12.2 Å². The van der Waals surface area contributed by atoms with Gasteiger partial charge in [0.05, 0.1) is 26.4 Å². The van der Waals surface area contributed by atoms with Crippen molar-refractivity contribution in [3.63, 3.8) is 0 Å². The van der Waals surface area contributed by atoms with Gasteiger partial charge in [-0.25, -0.2) is 9.13 Å². The first-order chi connectivity index (χ1) is 46.7. The standard InChI is InChI=1S/C77H138O17P2/c1-5-9-13-17-21-25-29-33-34-35-36-40-44-48-52-56-60-64-77(82)94-73(68-88-75(80)62-58-54-50-46-42-38-31-27-23-19-15-11-7-3)70-92-96(85,86)90-66-71(78)65-89-95(83,84)91-69-72(93-76(81)63-59-55-51-47-43-39-32-28-24-20-16-12-8-4)67-87-74(79)61-57-53-49-45-41-37-30-26-22-18-14-10-6-2/h21,25-27,30-31,33-34,36,40,48,52,71-73,78H,5-20,22-24,28-29,32,35,37-39,41-47,49-51,53-70H2,1-4H3,(H,83,84)(H,85,86)/b25-21-,30-26-,31-27-,34-33-,40-36-,52-48-/t71-,72+,73+/m0/s1. The Labute approximate surface area is 583 Å². The smallest absolute Gasteiger partial charge is 0.462 e. The molecular weight excluding hydrogens is 1260 g/mol. The Morgan fingerprint density at radius 3 is 0.865 bits per heavy atom. The third-order valence-electron chi connectivity index (χ3n) is 16.1. The molecule has 0 rings (SSSR count). The highest BCUT2D eigenvalue weighted by molar-refractivity contribution is 7.47. The number of aliphatic hydroxyl groups excluding tert-OH is 1. The lowest BCUT2D eigenvalue weighted by Gasteiger charge is -2.21. The number of allylic oxidation sites excluding steroid dienone is 12. The molecule has 0 aliphatic carbocycles. The van der Waals surface area contributed by atoms with Crippen molar-refractivity contribution in [1.82, 2.24) is 0 Å². The summed E-state index contributed by atoms with van der Waals surface area (Å²) in [5.41, 5.74) is 0. The van der Waals surface area contributed by atoms with Crippen LogP contribution in [0.3, 0.4) is 0 Å². The topological polar surface area (TPSA) is 237 Å². The summed E-state index contributed by atoms with van der Waals surface area (Å²) in [5, 5.41) is 10.6. The number of phosphoric ester groups is 2. The quantitative estimate of drug-likeness (QED) is 0.0169. The second kappa shape index (κ2) is 70.0. The second-order valence-electron chi connectivity index (χ2n) is 25.6. The summed E-state index contributed by atoms with van der Waals surface area (Å²) in [6.07, 6.45) is 69.0. The van der Waals surface area contributed by atoms with E-state index in [2.05, 4.69) is 88.5 Å². The van der Waals surface area contributed by atoms with E-state index < -0.39 is 97.5 Å². The summed E-state index contributed by atoms with van der Waals surface area (Å²) >= 11 is 0. The Morgan fingerprint density at radius 1 is 0.292 bits per heavy atom. The SMILES string of the molecule is CCCCC/C=C\C/C=C\C/C=C\C/C=C\CCCC(=O)O[C@H](COC(=O)CCCCCCC/C=C\CCCCCC)COP(=O)(O)OC[C@@H](O)COP(=O)(O)OC[C@@H](COC(=O)CCCCCCC/C=C\CCCCCC)OC(=O)CCCCCCCCCCCCCCC. The third kappa shape index (κ3) is 69.0. The van der Waals surface area contributed by atoms with Gasteiger partial charge in [0, 0.05) is 25.7 Å². The van der Waals surface area contributed by atoms with Crippen molar-refractivity contribution in [3.05, 3.63) is 72.9 Å². The lowest BCUT2D eigenvalue weighted by Crippen LogP contribution is -2.30. The van der Waals surface area contributed by atoms with Gasteiger partial charge in [-0.3, -0.25) is 37.3 Å². The van der Waals surface area contributed by atoms with Gasteiger partial charge in [-0.2, -0.15) is 0 Å². The molecule has 558 valence electrons. The first kappa shape index (κ1) is 92.5. The molecule has 0 aliphatic heterocycles. The van der Waals surface area contributed by atoms with E-state index in [4.69, 9.17) is 37.0 Å². The molecule has 0 aromatic carbocycles. The van der Waals surface area contributed by atoms with Gasteiger partial charge in [0.1, 0.15) is 19.3 Å². The van der Waals surface area contributed by atoms with Crippen molar-refractivity contribution in [2.24, 2.45) is 0 Å². The first-order valence-electron chi connectivity index (χ1n) is 38.2. The second-order valence-corrected chi connectivity index (χ2v) is 28.5. The lowest BCUT2D eigenvalue weighted by atomic mass is 10.0. The molecule has 0 saturated carbocycles. The molecule has 19 heteroatoms. The van der Waals surface area contributed by atoms with Crippen molar-refractivity contribution >= 4 is 39.5 Å². The van der Waals surface area contributed by atoms with E-state index in [0.29, 0.717) is 32.1 Å². The fourth-order valence-corrected chi connectivity index (χ4v) is 11.8. The number of aliphatic hydroxyl groups is 1. The zero-order valence-corrected chi connectivity index (χ0v) is 62.6. The summed E-state index contributed by atoms with van der Waals surface area (Å²) in [4.78, 5) is 72.7. The Balaban J connectivity index is 5.38. The molecular formula is C77H138O17P2. The van der Waals surface area contributed by atoms with Crippen LogP contribution in [0.1, 0.15) is 336 Å². The zero-order chi connectivity index (χ0) is 70.4. The molecule has 0 bridgehead atoms. The molecule has 0 heterocycles. The number of unbranched alkanes of at least 4 members (excludes halogenated alkanes) is 34. The van der Waals surface area contributed by atoms with Crippen molar-refractivity contribution in [1.29, 1.82) is 0 Å². The predicted octanol–water partition coefficient (Wildman–Crippen LogP) is 21.7. The maximum atomic E-state index is 13.1. The van der Waals surface area contributed by atoms with Gasteiger partial charge in [-0.15, -0.1) is 0 Å². The summed E-state index contributed by atoms with van der Waals surface area (Å²) in [6, 6.07) is 0. The minimum atomic E-state index is -4.98. The van der Waals surface area contributed by atoms with Crippen LogP contribution in [0.4, 0.5) is 0 Å². The van der Waals surface area contributed by atoms with E-state index in [1.807, 2.05) is 12.2 Å². The predicted molar refractivity (Wildman–Crippen MR) is 390 cm³/mol. The summed E-state index contributed by atoms with van der Waals surface area (Å²) in [7, 11) is -9.95. The normalized spacial score (nSPS) is 14.4. The fourth-order valence-electron chi connectivity index (χ4n) is 10.3. The van der Waals surface area contributed by atoms with Crippen LogP contribution in [0, 0.1) is 0 Å². The van der Waals surface area contributed by atoms with E-state index in [1.165, 1.54) is 122 Å². The molecule has 0 aliphatic rings. The van der Waals surface area contributed by atoms with Gasteiger partial charge in [0.25, 0.3) is 0 Å². The Hall–Kier alpha value is -3.50. The van der Waals surface area contributed by atoms with Crippen LogP contribution in [0.25, 0.3) is 0 Å². The van der Waals surface area contributed by atoms with Crippen molar-refractivity contribution in [3.8, 4) is 0 Å². The van der Waals surface area contributed by atoms with E-state index in [0.717, 1.165) is 128 Å². The molecule has 0 spiro atoms. The number of carbonyl (C=O) groups excluding carboxylic acids is 4. The highest BCUT2D eigenvalue weighted by atomic mass is 31.2. The number of hydrogen-bond donors (Lipinski definition) is 3. The minimum absolute atomic E-state index is 0.0200. The first-order valence-corrected chi connectivity index (χ1v) is 41.2. The molecule has 3 N–H and O–H groups in total. The maximum absolute atomic E-state index is 13.1. The summed E-state index contributed by atoms with van der Waals surface area (Å²) in [5.74, 6) is -2.24. The van der Waals surface area contributed by atoms with Crippen LogP contribution in [0.2, 0.25) is 0 Å². The fraction of sp³-hybridized carbons (Fsp3) is 0.792. The van der Waals surface area contributed by atoms with Crippen LogP contribution in [0.5, 0.6) is 0 Å². The number of ether oxygens (including phenoxy) is 4. The largest absolute Gasteiger partial charge is 0.472 e. The van der Waals surface area contributed by atoms with Crippen LogP contribution in [-0.4, -0.2) is 96.7 Å². The van der Waals surface area contributed by atoms with Gasteiger partial charge >= 0.3 is 39.5 Å². The van der Waals surface area contributed by atoms with Gasteiger partial charge in [-0.05, 0) is 116 Å². The van der Waals surface area contributed by atoms with Crippen molar-refractivity contribution in [2.75, 3.05) is 39.6 Å². The molecule has 0 aromatic rings. The molecule has 0 aromatic heterocycles. The molecule has 0 amide bonds. The monoisotopic (exact) mass is 1400 g/mol. The number of phosphoric acid groups is 2. The highest BCUT2D eigenvalue weighted by Crippen LogP contribution is 2.45. The van der Waals surface area contributed by atoms with Gasteiger partial charge < -0.3 is 33.8 Å². The van der Waals surface area contributed by atoms with Crippen molar-refractivity contribution < 1.29 is 80.2 Å². The number of hydrogen-bond acceptors (Lipinski definition) is 15. The summed E-state index contributed by atoms with van der Waals surface area (Å²) in [6.45, 7) is 4.77. The number of rotatable bonds is 72. The van der Waals surface area contributed by atoms with Gasteiger partial charge in [0.2, 0.25) is 0 Å². The van der Waals surface area contributed by atoms with E-state index in [1.54, 1.807) is 0 Å². The van der Waals surface area contributed by atoms with Crippen LogP contribution in [-0.2, 0) is 65.4 Å². The average Bonchev–Trinajstić information content (AvgIpc) is 1.26. The molecule has 2 unspecified atom stereocenters. The average molecular weight is 1400 g/mol. The van der Waals surface area contributed by atoms with Crippen LogP contribution >= 0.6 is 15.6 Å². The van der Waals surface area contributed by atoms with Gasteiger partial charge in [-0.1, -0.05) is 268 Å². The molecule has 0 radical (unpaired) electrons. The maximum Gasteiger partial charge on any atom is 0.472 e. The Kier molecular flexibility index (Phi) is 67.4. The zero-order valence-electron chi connectivity index (χ0n) is 60.8. The number of carbonyl (C=O) groups is 4. The molecule has 0 fully saturated rings. The molecule has 5 atom stereocenters. The lowest BCUT2D eigenvalue weighted by molar-refractivity contribution is -0.161.